The van der Waals surface area contributed by atoms with E-state index in [1.165, 1.54) is 0 Å². The molecular weight excluding hydrogens is 432 g/mol. The molecule has 34 heavy (non-hydrogen) atoms. The molecule has 180 valence electrons. The summed E-state index contributed by atoms with van der Waals surface area (Å²) < 4.78 is 5.56. The van der Waals surface area contributed by atoms with Gasteiger partial charge in [0.25, 0.3) is 0 Å². The fraction of sp³-hybridized carbons (Fsp3) is 0.444. The number of fused-ring (bicyclic) bond motifs is 3. The third kappa shape index (κ3) is 5.08. The van der Waals surface area contributed by atoms with Crippen molar-refractivity contribution in [1.82, 2.24) is 10.6 Å². The largest absolute Gasteiger partial charge is 0.481 e. The average Bonchev–Trinajstić information content (AvgIpc) is 3.18. The van der Waals surface area contributed by atoms with Gasteiger partial charge in [-0.25, -0.2) is 4.79 Å². The number of benzene rings is 2. The Morgan fingerprint density at radius 1 is 1.00 bits per heavy atom. The molecule has 2 amide bonds. The van der Waals surface area contributed by atoms with Crippen molar-refractivity contribution in [2.45, 2.75) is 51.0 Å². The molecule has 7 nitrogen and oxygen atoms in total. The maximum Gasteiger partial charge on any atom is 0.407 e. The molecule has 0 aromatic heterocycles. The van der Waals surface area contributed by atoms with Gasteiger partial charge in [0.1, 0.15) is 12.6 Å². The maximum atomic E-state index is 12.7. The molecular formula is C27H32N2O5. The molecule has 0 spiro atoms. The number of amides is 2. The normalized spacial score (nSPS) is 20.0. The van der Waals surface area contributed by atoms with Gasteiger partial charge in [-0.05, 0) is 47.4 Å². The van der Waals surface area contributed by atoms with Crippen molar-refractivity contribution in [3.63, 3.8) is 0 Å². The van der Waals surface area contributed by atoms with Gasteiger partial charge < -0.3 is 20.5 Å². The fourth-order valence-electron chi connectivity index (χ4n) is 5.27. The molecule has 0 aliphatic heterocycles. The van der Waals surface area contributed by atoms with Crippen molar-refractivity contribution < 1.29 is 24.2 Å². The summed E-state index contributed by atoms with van der Waals surface area (Å²) in [4.78, 5) is 36.7. The SMILES string of the molecule is CC[C@@H](NC(=O)OCC1c2ccccc2-c2ccccc21)C(=O)NC[C@H]1CCCC[C@H]1C(=O)O. The highest BCUT2D eigenvalue weighted by Crippen LogP contribution is 2.44. The highest BCUT2D eigenvalue weighted by Gasteiger charge is 2.32. The minimum Gasteiger partial charge on any atom is -0.481 e. The van der Waals surface area contributed by atoms with Crippen LogP contribution in [0.5, 0.6) is 0 Å². The lowest BCUT2D eigenvalue weighted by Crippen LogP contribution is -2.48. The molecule has 0 heterocycles. The highest BCUT2D eigenvalue weighted by atomic mass is 16.5. The number of alkyl carbamates (subject to hydrolysis) is 1. The molecule has 2 aromatic carbocycles. The van der Waals surface area contributed by atoms with E-state index < -0.39 is 24.0 Å². The second-order valence-electron chi connectivity index (χ2n) is 9.17. The molecule has 4 rings (SSSR count). The van der Waals surface area contributed by atoms with Gasteiger partial charge in [0, 0.05) is 12.5 Å². The van der Waals surface area contributed by atoms with E-state index in [1.807, 2.05) is 31.2 Å². The van der Waals surface area contributed by atoms with E-state index in [-0.39, 0.29) is 24.3 Å². The zero-order chi connectivity index (χ0) is 24.1. The molecule has 2 aromatic rings. The van der Waals surface area contributed by atoms with E-state index in [9.17, 15) is 19.5 Å². The number of hydrogen-bond acceptors (Lipinski definition) is 4. The monoisotopic (exact) mass is 464 g/mol. The molecule has 0 saturated heterocycles. The lowest BCUT2D eigenvalue weighted by molar-refractivity contribution is -0.145. The molecule has 2 aliphatic carbocycles. The zero-order valence-corrected chi connectivity index (χ0v) is 19.5. The molecule has 0 bridgehead atoms. The topological polar surface area (TPSA) is 105 Å². The Hall–Kier alpha value is -3.35. The van der Waals surface area contributed by atoms with Gasteiger partial charge in [0.05, 0.1) is 5.92 Å². The molecule has 3 N–H and O–H groups in total. The van der Waals surface area contributed by atoms with E-state index in [4.69, 9.17) is 4.74 Å². The number of carbonyl (C=O) groups excluding carboxylic acids is 2. The first-order valence-electron chi connectivity index (χ1n) is 12.1. The van der Waals surface area contributed by atoms with Crippen LogP contribution in [0.1, 0.15) is 56.1 Å². The zero-order valence-electron chi connectivity index (χ0n) is 19.5. The Morgan fingerprint density at radius 3 is 2.24 bits per heavy atom. The Kier molecular flexibility index (Phi) is 7.50. The summed E-state index contributed by atoms with van der Waals surface area (Å²) in [6.45, 7) is 2.30. The number of ether oxygens (including phenoxy) is 1. The summed E-state index contributed by atoms with van der Waals surface area (Å²) in [6, 6.07) is 15.5. The Labute approximate surface area is 199 Å². The van der Waals surface area contributed by atoms with Crippen LogP contribution in [-0.4, -0.2) is 42.3 Å². The van der Waals surface area contributed by atoms with Crippen molar-refractivity contribution in [3.05, 3.63) is 59.7 Å². The molecule has 0 unspecified atom stereocenters. The van der Waals surface area contributed by atoms with Crippen molar-refractivity contribution >= 4 is 18.0 Å². The van der Waals surface area contributed by atoms with Gasteiger partial charge in [-0.1, -0.05) is 68.3 Å². The Morgan fingerprint density at radius 2 is 1.62 bits per heavy atom. The van der Waals surface area contributed by atoms with Gasteiger partial charge in [0.15, 0.2) is 0 Å². The first-order valence-corrected chi connectivity index (χ1v) is 12.1. The minimum absolute atomic E-state index is 0.0497. The highest BCUT2D eigenvalue weighted by molar-refractivity contribution is 5.85. The number of nitrogens with one attached hydrogen (secondary N) is 2. The number of carboxylic acids is 1. The number of hydrogen-bond donors (Lipinski definition) is 3. The second kappa shape index (κ2) is 10.7. The maximum absolute atomic E-state index is 12.7. The lowest BCUT2D eigenvalue weighted by Gasteiger charge is -2.29. The molecule has 3 atom stereocenters. The number of aliphatic carboxylic acids is 1. The standard InChI is InChI=1S/C27H32N2O5/c1-2-24(25(30)28-15-17-9-3-4-10-18(17)26(31)32)29-27(33)34-16-23-21-13-7-5-11-19(21)20-12-6-8-14-22(20)23/h5-8,11-14,17-18,23-24H,2-4,9-10,15-16H2,1H3,(H,28,30)(H,29,33)(H,31,32)/t17-,18-,24-/m1/s1. The van der Waals surface area contributed by atoms with Gasteiger partial charge in [-0.3, -0.25) is 9.59 Å². The molecule has 1 fully saturated rings. The second-order valence-corrected chi connectivity index (χ2v) is 9.17. The van der Waals surface area contributed by atoms with Crippen LogP contribution >= 0.6 is 0 Å². The van der Waals surface area contributed by atoms with E-state index in [0.29, 0.717) is 19.4 Å². The van der Waals surface area contributed by atoms with E-state index in [2.05, 4.69) is 34.9 Å². The molecule has 1 saturated carbocycles. The lowest BCUT2D eigenvalue weighted by atomic mass is 9.79. The summed E-state index contributed by atoms with van der Waals surface area (Å²) in [5.41, 5.74) is 4.56. The minimum atomic E-state index is -0.803. The van der Waals surface area contributed by atoms with E-state index >= 15 is 0 Å². The van der Waals surface area contributed by atoms with Gasteiger partial charge in [-0.15, -0.1) is 0 Å². The summed E-state index contributed by atoms with van der Waals surface area (Å²) in [7, 11) is 0. The van der Waals surface area contributed by atoms with E-state index in [1.54, 1.807) is 0 Å². The van der Waals surface area contributed by atoms with Gasteiger partial charge in [-0.2, -0.15) is 0 Å². The predicted octanol–water partition coefficient (Wildman–Crippen LogP) is 4.31. The molecule has 0 radical (unpaired) electrons. The number of rotatable bonds is 8. The summed E-state index contributed by atoms with van der Waals surface area (Å²) >= 11 is 0. The number of carbonyl (C=O) groups is 3. The third-order valence-electron chi connectivity index (χ3n) is 7.13. The van der Waals surface area contributed by atoms with Crippen LogP contribution in [0.25, 0.3) is 11.1 Å². The van der Waals surface area contributed by atoms with E-state index in [0.717, 1.165) is 41.5 Å². The van der Waals surface area contributed by atoms with Crippen LogP contribution in [0.4, 0.5) is 4.79 Å². The Bertz CT molecular complexity index is 1010. The van der Waals surface area contributed by atoms with Crippen LogP contribution in [0, 0.1) is 11.8 Å². The van der Waals surface area contributed by atoms with Crippen molar-refractivity contribution in [2.24, 2.45) is 11.8 Å². The van der Waals surface area contributed by atoms with Crippen LogP contribution in [-0.2, 0) is 14.3 Å². The molecule has 7 heteroatoms. The quantitative estimate of drug-likeness (QED) is 0.540. The first kappa shape index (κ1) is 23.8. The van der Waals surface area contributed by atoms with Crippen LogP contribution in [0.15, 0.2) is 48.5 Å². The smallest absolute Gasteiger partial charge is 0.407 e. The van der Waals surface area contributed by atoms with Crippen molar-refractivity contribution in [3.8, 4) is 11.1 Å². The first-order chi connectivity index (χ1) is 16.5. The summed E-state index contributed by atoms with van der Waals surface area (Å²) in [5, 5.41) is 14.9. The fourth-order valence-corrected chi connectivity index (χ4v) is 5.27. The van der Waals surface area contributed by atoms with Gasteiger partial charge >= 0.3 is 12.1 Å². The predicted molar refractivity (Wildman–Crippen MR) is 128 cm³/mol. The van der Waals surface area contributed by atoms with Crippen LogP contribution in [0.3, 0.4) is 0 Å². The van der Waals surface area contributed by atoms with Crippen molar-refractivity contribution in [1.29, 1.82) is 0 Å². The van der Waals surface area contributed by atoms with Crippen molar-refractivity contribution in [2.75, 3.05) is 13.2 Å². The average molecular weight is 465 g/mol. The summed E-state index contributed by atoms with van der Waals surface area (Å²) in [5.74, 6) is -1.67. The summed E-state index contributed by atoms with van der Waals surface area (Å²) in [6.07, 6.45) is 3.08. The third-order valence-corrected chi connectivity index (χ3v) is 7.13. The Balaban J connectivity index is 1.31. The van der Waals surface area contributed by atoms with Crippen LogP contribution in [0.2, 0.25) is 0 Å². The molecule has 2 aliphatic rings. The number of carboxylic acid groups (broad SMARTS) is 1. The van der Waals surface area contributed by atoms with Crippen LogP contribution < -0.4 is 10.6 Å². The van der Waals surface area contributed by atoms with Gasteiger partial charge in [0.2, 0.25) is 5.91 Å².